The van der Waals surface area contributed by atoms with E-state index in [1.807, 2.05) is 0 Å². The third kappa shape index (κ3) is 4.05. The predicted molar refractivity (Wildman–Crippen MR) is 48.6 cm³/mol. The highest BCUT2D eigenvalue weighted by molar-refractivity contribution is 5.59. The van der Waals surface area contributed by atoms with Crippen molar-refractivity contribution in [1.29, 1.82) is 0 Å². The van der Waals surface area contributed by atoms with Gasteiger partial charge in [-0.3, -0.25) is 0 Å². The Hall–Kier alpha value is -1.46. The molecule has 15 heavy (non-hydrogen) atoms. The van der Waals surface area contributed by atoms with Gasteiger partial charge < -0.3 is 19.3 Å². The van der Waals surface area contributed by atoms with Crippen LogP contribution in [0.1, 0.15) is 25.7 Å². The molecule has 6 nitrogen and oxygen atoms in total. The molecular weight excluding hydrogens is 204 g/mol. The molecule has 86 valence electrons. The van der Waals surface area contributed by atoms with Crippen LogP contribution in [0.15, 0.2) is 0 Å². The Labute approximate surface area is 87.1 Å². The van der Waals surface area contributed by atoms with E-state index in [-0.39, 0.29) is 12.2 Å². The second kappa shape index (κ2) is 5.43. The van der Waals surface area contributed by atoms with Crippen LogP contribution in [0.4, 0.5) is 9.59 Å². The Morgan fingerprint density at radius 1 is 1.07 bits per heavy atom. The lowest BCUT2D eigenvalue weighted by atomic mass is 9.95. The molecule has 0 aromatic heterocycles. The Morgan fingerprint density at radius 2 is 1.53 bits per heavy atom. The van der Waals surface area contributed by atoms with Crippen molar-refractivity contribution < 1.29 is 28.9 Å². The maximum atomic E-state index is 10.8. The van der Waals surface area contributed by atoms with Crippen molar-refractivity contribution in [2.24, 2.45) is 0 Å². The molecule has 1 N–H and O–H groups in total. The van der Waals surface area contributed by atoms with Crippen molar-refractivity contribution in [2.75, 3.05) is 7.11 Å². The highest BCUT2D eigenvalue weighted by Gasteiger charge is 2.26. The van der Waals surface area contributed by atoms with Crippen LogP contribution in [0.25, 0.3) is 0 Å². The van der Waals surface area contributed by atoms with Crippen LogP contribution in [0.5, 0.6) is 0 Å². The normalized spacial score (nSPS) is 25.4. The zero-order valence-corrected chi connectivity index (χ0v) is 8.47. The first-order valence-corrected chi connectivity index (χ1v) is 4.76. The van der Waals surface area contributed by atoms with Crippen molar-refractivity contribution in [3.8, 4) is 0 Å². The number of rotatable bonds is 2. The summed E-state index contributed by atoms with van der Waals surface area (Å²) in [6.07, 6.45) is -0.0572. The second-order valence-corrected chi connectivity index (χ2v) is 3.35. The predicted octanol–water partition coefficient (Wildman–Crippen LogP) is 1.78. The SMILES string of the molecule is COC(=O)O[C@H]1CC[C@H](OC(=O)O)CC1. The summed E-state index contributed by atoms with van der Waals surface area (Å²) in [5, 5.41) is 8.39. The zero-order chi connectivity index (χ0) is 11.3. The van der Waals surface area contributed by atoms with Crippen LogP contribution < -0.4 is 0 Å². The first kappa shape index (κ1) is 11.6. The molecule has 1 aliphatic rings. The quantitative estimate of drug-likeness (QED) is 0.711. The largest absolute Gasteiger partial charge is 0.508 e. The number of hydrogen-bond donors (Lipinski definition) is 1. The van der Waals surface area contributed by atoms with Crippen molar-refractivity contribution in [3.63, 3.8) is 0 Å². The minimum Gasteiger partial charge on any atom is -0.450 e. The molecule has 0 spiro atoms. The molecule has 1 rings (SSSR count). The number of hydrogen-bond acceptors (Lipinski definition) is 5. The number of ether oxygens (including phenoxy) is 3. The van der Waals surface area contributed by atoms with Crippen LogP contribution in [0.2, 0.25) is 0 Å². The Morgan fingerprint density at radius 3 is 1.93 bits per heavy atom. The first-order chi connectivity index (χ1) is 7.11. The standard InChI is InChI=1S/C9H14O6/c1-13-9(12)15-7-4-2-6(3-5-7)14-8(10)11/h6-7H,2-5H2,1H3,(H,10,11)/t6-,7-. The molecule has 0 unspecified atom stereocenters. The van der Waals surface area contributed by atoms with E-state index in [4.69, 9.17) is 9.84 Å². The van der Waals surface area contributed by atoms with Crippen molar-refractivity contribution in [1.82, 2.24) is 0 Å². The number of carbonyl (C=O) groups is 2. The van der Waals surface area contributed by atoms with E-state index < -0.39 is 12.3 Å². The molecule has 0 heterocycles. The maximum Gasteiger partial charge on any atom is 0.508 e. The minimum atomic E-state index is -1.26. The van der Waals surface area contributed by atoms with Crippen molar-refractivity contribution >= 4 is 12.3 Å². The van der Waals surface area contributed by atoms with Gasteiger partial charge in [0.2, 0.25) is 0 Å². The molecule has 0 radical (unpaired) electrons. The van der Waals surface area contributed by atoms with Gasteiger partial charge in [0, 0.05) is 0 Å². The summed E-state index contributed by atoms with van der Waals surface area (Å²) < 4.78 is 13.9. The molecule has 0 aromatic rings. The molecule has 6 heteroatoms. The fourth-order valence-corrected chi connectivity index (χ4v) is 1.59. The average Bonchev–Trinajstić information content (AvgIpc) is 2.20. The maximum absolute atomic E-state index is 10.8. The lowest BCUT2D eigenvalue weighted by Crippen LogP contribution is -2.29. The van der Waals surface area contributed by atoms with E-state index in [1.54, 1.807) is 0 Å². The molecule has 0 aromatic carbocycles. The van der Waals surface area contributed by atoms with Gasteiger partial charge >= 0.3 is 12.3 Å². The molecule has 0 amide bonds. The van der Waals surface area contributed by atoms with Crippen LogP contribution in [0, 0.1) is 0 Å². The zero-order valence-electron chi connectivity index (χ0n) is 8.47. The number of carboxylic acid groups (broad SMARTS) is 1. The van der Waals surface area contributed by atoms with Gasteiger partial charge in [-0.1, -0.05) is 0 Å². The lowest BCUT2D eigenvalue weighted by molar-refractivity contribution is -0.0140. The lowest BCUT2D eigenvalue weighted by Gasteiger charge is -2.26. The molecule has 0 saturated heterocycles. The monoisotopic (exact) mass is 218 g/mol. The topological polar surface area (TPSA) is 82.1 Å². The fraction of sp³-hybridized carbons (Fsp3) is 0.778. The van der Waals surface area contributed by atoms with Gasteiger partial charge in [0.15, 0.2) is 0 Å². The van der Waals surface area contributed by atoms with Gasteiger partial charge in [0.05, 0.1) is 7.11 Å². The number of carbonyl (C=O) groups excluding carboxylic acids is 1. The third-order valence-electron chi connectivity index (χ3n) is 2.32. The number of methoxy groups -OCH3 is 1. The Bertz CT molecular complexity index is 231. The smallest absolute Gasteiger partial charge is 0.450 e. The van der Waals surface area contributed by atoms with Crippen LogP contribution in [0.3, 0.4) is 0 Å². The van der Waals surface area contributed by atoms with Crippen LogP contribution in [-0.4, -0.2) is 36.7 Å². The molecule has 1 saturated carbocycles. The minimum absolute atomic E-state index is 0.189. The van der Waals surface area contributed by atoms with Crippen LogP contribution >= 0.6 is 0 Å². The van der Waals surface area contributed by atoms with E-state index in [1.165, 1.54) is 7.11 Å². The van der Waals surface area contributed by atoms with Gasteiger partial charge in [0.25, 0.3) is 0 Å². The van der Waals surface area contributed by atoms with Gasteiger partial charge in [-0.15, -0.1) is 0 Å². The summed E-state index contributed by atoms with van der Waals surface area (Å²) in [6, 6.07) is 0. The molecule has 0 atom stereocenters. The first-order valence-electron chi connectivity index (χ1n) is 4.76. The van der Waals surface area contributed by atoms with Crippen molar-refractivity contribution in [2.45, 2.75) is 37.9 Å². The summed E-state index contributed by atoms with van der Waals surface area (Å²) in [4.78, 5) is 21.0. The van der Waals surface area contributed by atoms with E-state index in [0.29, 0.717) is 25.7 Å². The highest BCUT2D eigenvalue weighted by Crippen LogP contribution is 2.23. The molecule has 0 aliphatic heterocycles. The Balaban J connectivity index is 2.23. The van der Waals surface area contributed by atoms with Gasteiger partial charge in [-0.05, 0) is 25.7 Å². The Kier molecular flexibility index (Phi) is 4.20. The molecular formula is C9H14O6. The van der Waals surface area contributed by atoms with Gasteiger partial charge in [-0.25, -0.2) is 9.59 Å². The highest BCUT2D eigenvalue weighted by atomic mass is 16.7. The molecule has 0 bridgehead atoms. The molecule has 1 aliphatic carbocycles. The summed E-state index contributed by atoms with van der Waals surface area (Å²) in [5.74, 6) is 0. The van der Waals surface area contributed by atoms with E-state index >= 15 is 0 Å². The summed E-state index contributed by atoms with van der Waals surface area (Å²) in [7, 11) is 1.25. The summed E-state index contributed by atoms with van der Waals surface area (Å²) in [5.41, 5.74) is 0. The average molecular weight is 218 g/mol. The van der Waals surface area contributed by atoms with Crippen molar-refractivity contribution in [3.05, 3.63) is 0 Å². The van der Waals surface area contributed by atoms with Gasteiger partial charge in [0.1, 0.15) is 12.2 Å². The molecule has 1 fully saturated rings. The third-order valence-corrected chi connectivity index (χ3v) is 2.32. The van der Waals surface area contributed by atoms with E-state index in [9.17, 15) is 9.59 Å². The van der Waals surface area contributed by atoms with E-state index in [2.05, 4.69) is 9.47 Å². The second-order valence-electron chi connectivity index (χ2n) is 3.35. The van der Waals surface area contributed by atoms with Gasteiger partial charge in [-0.2, -0.15) is 0 Å². The summed E-state index contributed by atoms with van der Waals surface area (Å²) >= 11 is 0. The summed E-state index contributed by atoms with van der Waals surface area (Å²) in [6.45, 7) is 0. The van der Waals surface area contributed by atoms with Crippen LogP contribution in [-0.2, 0) is 14.2 Å². The van der Waals surface area contributed by atoms with E-state index in [0.717, 1.165) is 0 Å². The fourth-order valence-electron chi connectivity index (χ4n) is 1.59.